The molecule has 0 saturated heterocycles. The van der Waals surface area contributed by atoms with Crippen molar-refractivity contribution in [1.82, 2.24) is 0 Å². The van der Waals surface area contributed by atoms with Crippen LogP contribution in [0.15, 0.2) is 24.3 Å². The summed E-state index contributed by atoms with van der Waals surface area (Å²) in [6, 6.07) is 2.64. The van der Waals surface area contributed by atoms with Crippen molar-refractivity contribution < 1.29 is 10.0 Å². The molecule has 6 nitrogen and oxygen atoms in total. The second kappa shape index (κ2) is 7.30. The first kappa shape index (κ1) is 15.7. The highest BCUT2D eigenvalue weighted by molar-refractivity contribution is 6.44. The standard InChI is InChI=1S/C11H13Cl2N3O3/c12-8-3-4-9(16(18)19)11(10(8)13)15-5-1-2-7(17)6-14/h1-4,7,15,17H,5-6,14H2/t7-/m1/s1. The third-order valence-electron chi connectivity index (χ3n) is 2.27. The van der Waals surface area contributed by atoms with Crippen LogP contribution in [0.25, 0.3) is 0 Å². The minimum atomic E-state index is -0.744. The smallest absolute Gasteiger partial charge is 0.293 e. The number of rotatable bonds is 6. The van der Waals surface area contributed by atoms with Gasteiger partial charge in [-0.05, 0) is 6.07 Å². The van der Waals surface area contributed by atoms with Crippen molar-refractivity contribution in [2.75, 3.05) is 18.4 Å². The van der Waals surface area contributed by atoms with E-state index in [4.69, 9.17) is 28.9 Å². The van der Waals surface area contributed by atoms with Gasteiger partial charge in [0.1, 0.15) is 5.69 Å². The Morgan fingerprint density at radius 2 is 2.21 bits per heavy atom. The van der Waals surface area contributed by atoms with Gasteiger partial charge in [-0.3, -0.25) is 10.1 Å². The number of nitrogens with two attached hydrogens (primary N) is 1. The first-order valence-corrected chi connectivity index (χ1v) is 6.14. The molecule has 19 heavy (non-hydrogen) atoms. The maximum atomic E-state index is 10.9. The average molecular weight is 306 g/mol. The highest BCUT2D eigenvalue weighted by Crippen LogP contribution is 2.37. The Morgan fingerprint density at radius 3 is 2.79 bits per heavy atom. The van der Waals surface area contributed by atoms with E-state index in [1.54, 1.807) is 6.08 Å². The molecule has 0 spiro atoms. The molecule has 0 saturated carbocycles. The quantitative estimate of drug-likeness (QED) is 0.425. The van der Waals surface area contributed by atoms with E-state index < -0.39 is 11.0 Å². The molecule has 8 heteroatoms. The van der Waals surface area contributed by atoms with Gasteiger partial charge in [-0.2, -0.15) is 0 Å². The van der Waals surface area contributed by atoms with E-state index in [9.17, 15) is 15.2 Å². The lowest BCUT2D eigenvalue weighted by Gasteiger charge is -2.08. The van der Waals surface area contributed by atoms with E-state index in [2.05, 4.69) is 5.32 Å². The predicted octanol–water partition coefficient (Wildman–Crippen LogP) is 2.19. The van der Waals surface area contributed by atoms with Crippen molar-refractivity contribution in [2.45, 2.75) is 6.10 Å². The Bertz CT molecular complexity index is 494. The molecule has 0 aliphatic heterocycles. The van der Waals surface area contributed by atoms with Crippen LogP contribution in [0, 0.1) is 10.1 Å². The molecule has 1 aromatic carbocycles. The summed E-state index contributed by atoms with van der Waals surface area (Å²) in [6.07, 6.45) is 2.34. The molecule has 0 aromatic heterocycles. The van der Waals surface area contributed by atoms with E-state index in [0.717, 1.165) is 0 Å². The van der Waals surface area contributed by atoms with Crippen molar-refractivity contribution >= 4 is 34.6 Å². The van der Waals surface area contributed by atoms with Crippen LogP contribution >= 0.6 is 23.2 Å². The lowest BCUT2D eigenvalue weighted by molar-refractivity contribution is -0.383. The van der Waals surface area contributed by atoms with Crippen molar-refractivity contribution in [2.24, 2.45) is 5.73 Å². The van der Waals surface area contributed by atoms with Gasteiger partial charge in [-0.25, -0.2) is 0 Å². The summed E-state index contributed by atoms with van der Waals surface area (Å²) in [5, 5.41) is 23.2. The van der Waals surface area contributed by atoms with Gasteiger partial charge < -0.3 is 16.2 Å². The fourth-order valence-electron chi connectivity index (χ4n) is 1.33. The van der Waals surface area contributed by atoms with Gasteiger partial charge in [0.05, 0.1) is 21.1 Å². The van der Waals surface area contributed by atoms with E-state index in [1.165, 1.54) is 18.2 Å². The molecule has 104 valence electrons. The van der Waals surface area contributed by atoms with E-state index >= 15 is 0 Å². The Morgan fingerprint density at radius 1 is 1.53 bits per heavy atom. The van der Waals surface area contributed by atoms with Crippen LogP contribution in [-0.2, 0) is 0 Å². The van der Waals surface area contributed by atoms with Gasteiger partial charge in [-0.1, -0.05) is 35.4 Å². The summed E-state index contributed by atoms with van der Waals surface area (Å²) in [7, 11) is 0. The zero-order valence-corrected chi connectivity index (χ0v) is 11.4. The van der Waals surface area contributed by atoms with Crippen LogP contribution < -0.4 is 11.1 Å². The fraction of sp³-hybridized carbons (Fsp3) is 0.273. The molecule has 1 rings (SSSR count). The number of aliphatic hydroxyl groups excluding tert-OH is 1. The maximum absolute atomic E-state index is 10.9. The minimum Gasteiger partial charge on any atom is -0.388 e. The summed E-state index contributed by atoms with van der Waals surface area (Å²) in [5.41, 5.74) is 5.20. The first-order valence-electron chi connectivity index (χ1n) is 5.38. The number of benzene rings is 1. The Labute approximate surface area is 120 Å². The molecule has 0 fully saturated rings. The lowest BCUT2D eigenvalue weighted by atomic mass is 10.2. The van der Waals surface area contributed by atoms with Gasteiger partial charge in [0, 0.05) is 19.2 Å². The fourth-order valence-corrected chi connectivity index (χ4v) is 1.71. The average Bonchev–Trinajstić information content (AvgIpc) is 2.38. The van der Waals surface area contributed by atoms with E-state index in [-0.39, 0.29) is 34.5 Å². The highest BCUT2D eigenvalue weighted by Gasteiger charge is 2.18. The molecule has 0 unspecified atom stereocenters. The molecule has 0 aliphatic carbocycles. The van der Waals surface area contributed by atoms with Crippen LogP contribution in [0.5, 0.6) is 0 Å². The Balaban J connectivity index is 2.85. The summed E-state index contributed by atoms with van der Waals surface area (Å²) in [6.45, 7) is 0.354. The Kier molecular flexibility index (Phi) is 6.04. The number of nitro benzene ring substituents is 1. The summed E-state index contributed by atoms with van der Waals surface area (Å²) in [4.78, 5) is 10.3. The molecular formula is C11H13Cl2N3O3. The van der Waals surface area contributed by atoms with Gasteiger partial charge in [-0.15, -0.1) is 0 Å². The number of nitro groups is 1. The number of hydrogen-bond donors (Lipinski definition) is 3. The SMILES string of the molecule is NC[C@H](O)C=CCNc1c([N+](=O)[O-])ccc(Cl)c1Cl. The van der Waals surface area contributed by atoms with E-state index in [0.29, 0.717) is 0 Å². The Hall–Kier alpha value is -1.34. The van der Waals surface area contributed by atoms with Crippen LogP contribution in [0.2, 0.25) is 10.0 Å². The molecule has 0 aliphatic rings. The number of nitrogens with one attached hydrogen (secondary N) is 1. The van der Waals surface area contributed by atoms with Gasteiger partial charge in [0.15, 0.2) is 0 Å². The molecule has 0 bridgehead atoms. The van der Waals surface area contributed by atoms with Crippen molar-refractivity contribution in [1.29, 1.82) is 0 Å². The third kappa shape index (κ3) is 4.36. The largest absolute Gasteiger partial charge is 0.388 e. The third-order valence-corrected chi connectivity index (χ3v) is 3.07. The summed E-state index contributed by atoms with van der Waals surface area (Å²) >= 11 is 11.7. The van der Waals surface area contributed by atoms with Crippen LogP contribution in [0.3, 0.4) is 0 Å². The van der Waals surface area contributed by atoms with Crippen LogP contribution in [-0.4, -0.2) is 29.2 Å². The maximum Gasteiger partial charge on any atom is 0.293 e. The number of hydrogen-bond acceptors (Lipinski definition) is 5. The topological polar surface area (TPSA) is 101 Å². The molecular weight excluding hydrogens is 293 g/mol. The van der Waals surface area contributed by atoms with E-state index in [1.807, 2.05) is 0 Å². The zero-order chi connectivity index (χ0) is 14.4. The molecule has 1 atom stereocenters. The van der Waals surface area contributed by atoms with Gasteiger partial charge in [0.25, 0.3) is 5.69 Å². The number of nitrogens with zero attached hydrogens (tertiary/aromatic N) is 1. The predicted molar refractivity (Wildman–Crippen MR) is 75.8 cm³/mol. The number of halogens is 2. The molecule has 0 amide bonds. The minimum absolute atomic E-state index is 0.0867. The molecule has 4 N–H and O–H groups in total. The monoisotopic (exact) mass is 305 g/mol. The first-order chi connectivity index (χ1) is 8.97. The van der Waals surface area contributed by atoms with Crippen LogP contribution in [0.1, 0.15) is 0 Å². The molecule has 0 radical (unpaired) electrons. The summed E-state index contributed by atoms with van der Waals surface area (Å²) in [5.74, 6) is 0. The van der Waals surface area contributed by atoms with Crippen molar-refractivity contribution in [3.8, 4) is 0 Å². The number of aliphatic hydroxyl groups is 1. The van der Waals surface area contributed by atoms with Gasteiger partial charge in [0.2, 0.25) is 0 Å². The van der Waals surface area contributed by atoms with Crippen molar-refractivity contribution in [3.63, 3.8) is 0 Å². The molecule has 0 heterocycles. The van der Waals surface area contributed by atoms with Crippen LogP contribution in [0.4, 0.5) is 11.4 Å². The molecule has 1 aromatic rings. The number of anilines is 1. The zero-order valence-electron chi connectivity index (χ0n) is 9.85. The lowest BCUT2D eigenvalue weighted by Crippen LogP contribution is -2.17. The highest BCUT2D eigenvalue weighted by atomic mass is 35.5. The summed E-state index contributed by atoms with van der Waals surface area (Å²) < 4.78 is 0. The second-order valence-corrected chi connectivity index (χ2v) is 4.41. The second-order valence-electron chi connectivity index (χ2n) is 3.62. The van der Waals surface area contributed by atoms with Gasteiger partial charge >= 0.3 is 0 Å². The van der Waals surface area contributed by atoms with Crippen molar-refractivity contribution in [3.05, 3.63) is 44.4 Å². The normalized spacial score (nSPS) is 12.6.